The van der Waals surface area contributed by atoms with Gasteiger partial charge in [0.25, 0.3) is 0 Å². The van der Waals surface area contributed by atoms with Crippen LogP contribution in [0.2, 0.25) is 5.02 Å². The van der Waals surface area contributed by atoms with Crippen molar-refractivity contribution in [2.24, 2.45) is 5.41 Å². The lowest BCUT2D eigenvalue weighted by Crippen LogP contribution is -2.43. The Balaban J connectivity index is 1.33. The number of rotatable bonds is 10. The molecule has 1 aliphatic rings. The Morgan fingerprint density at radius 3 is 2.61 bits per heavy atom. The lowest BCUT2D eigenvalue weighted by molar-refractivity contribution is -0.139. The van der Waals surface area contributed by atoms with Crippen molar-refractivity contribution >= 4 is 34.3 Å². The van der Waals surface area contributed by atoms with E-state index in [9.17, 15) is 23.4 Å². The van der Waals surface area contributed by atoms with Crippen LogP contribution in [0.3, 0.4) is 0 Å². The van der Waals surface area contributed by atoms with E-state index in [0.29, 0.717) is 47.0 Å². The Labute approximate surface area is 230 Å². The maximum atomic E-state index is 13.2. The second-order valence-corrected chi connectivity index (χ2v) is 11.3. The molecule has 0 radical (unpaired) electrons. The number of hydrogen-bond acceptors (Lipinski definition) is 6. The number of methoxy groups -OCH3 is 1. The minimum Gasteiger partial charge on any atom is -0.497 e. The summed E-state index contributed by atoms with van der Waals surface area (Å²) in [6, 6.07) is 11.1. The van der Waals surface area contributed by atoms with Crippen molar-refractivity contribution in [2.75, 3.05) is 39.1 Å². The number of ether oxygens (including phenoxy) is 1. The number of piperidine rings is 1. The minimum atomic E-state index is -4.36. The first-order chi connectivity index (χ1) is 18.2. The number of hydrogen-bond donors (Lipinski definition) is 2. The summed E-state index contributed by atoms with van der Waals surface area (Å²) in [4.78, 5) is 6.82. The van der Waals surface area contributed by atoms with Gasteiger partial charge in [0.15, 0.2) is 0 Å². The molecule has 10 heteroatoms. The van der Waals surface area contributed by atoms with Gasteiger partial charge in [-0.05, 0) is 74.5 Å². The molecule has 0 saturated carbocycles. The summed E-state index contributed by atoms with van der Waals surface area (Å²) in [5.74, 6) is 1.20. The molecular formula is C28H32ClF3N2O3S. The number of halogens is 4. The molecule has 0 amide bonds. The monoisotopic (exact) mass is 568 g/mol. The smallest absolute Gasteiger partial charge is 0.417 e. The van der Waals surface area contributed by atoms with Crippen molar-refractivity contribution in [1.82, 2.24) is 9.88 Å². The second-order valence-electron chi connectivity index (χ2n) is 9.80. The molecule has 206 valence electrons. The van der Waals surface area contributed by atoms with E-state index in [-0.39, 0.29) is 16.9 Å². The standard InChI is InChI=1S/C28H32ClF3N2O3S/c1-37-19-6-7-23-20(16-19)26(22(29)17-33-23)24(36)8-9-27(18-35)10-12-34(13-11-27)14-15-38-25-5-3-2-4-21(25)28(30,31)32/h2-7,16-17,24,35-36H,8-15,18H2,1H3/t24-/m1/s1. The lowest BCUT2D eigenvalue weighted by Gasteiger charge is -2.41. The number of fused-ring (bicyclic) bond motifs is 1. The van der Waals surface area contributed by atoms with E-state index in [2.05, 4.69) is 9.88 Å². The third-order valence-electron chi connectivity index (χ3n) is 7.46. The van der Waals surface area contributed by atoms with Crippen LogP contribution in [0.15, 0.2) is 53.6 Å². The molecule has 2 heterocycles. The molecule has 0 unspecified atom stereocenters. The molecule has 5 nitrogen and oxygen atoms in total. The summed E-state index contributed by atoms with van der Waals surface area (Å²) in [5.41, 5.74) is 0.407. The number of aliphatic hydroxyl groups is 2. The number of aliphatic hydroxyl groups excluding tert-OH is 2. The fourth-order valence-electron chi connectivity index (χ4n) is 5.07. The van der Waals surface area contributed by atoms with E-state index in [1.54, 1.807) is 19.4 Å². The average molecular weight is 569 g/mol. The maximum absolute atomic E-state index is 13.2. The molecule has 0 bridgehead atoms. The van der Waals surface area contributed by atoms with Gasteiger partial charge >= 0.3 is 6.18 Å². The normalized spacial score (nSPS) is 17.0. The molecule has 1 fully saturated rings. The van der Waals surface area contributed by atoms with Crippen LogP contribution in [0.25, 0.3) is 10.9 Å². The Hall–Kier alpha value is -2.04. The highest BCUT2D eigenvalue weighted by molar-refractivity contribution is 7.99. The zero-order chi connectivity index (χ0) is 27.3. The molecule has 2 N–H and O–H groups in total. The SMILES string of the molecule is COc1ccc2ncc(Cl)c([C@H](O)CCC3(CO)CCN(CCSc4ccccc4C(F)(F)F)CC3)c2c1. The number of nitrogens with zero attached hydrogens (tertiary/aromatic N) is 2. The molecule has 3 aromatic rings. The molecule has 38 heavy (non-hydrogen) atoms. The van der Waals surface area contributed by atoms with E-state index in [1.807, 2.05) is 18.2 Å². The molecule has 0 aliphatic carbocycles. The Morgan fingerprint density at radius 2 is 1.92 bits per heavy atom. The Morgan fingerprint density at radius 1 is 1.18 bits per heavy atom. The van der Waals surface area contributed by atoms with Crippen LogP contribution >= 0.6 is 23.4 Å². The predicted molar refractivity (Wildman–Crippen MR) is 145 cm³/mol. The fraction of sp³-hybridized carbons (Fsp3) is 0.464. The van der Waals surface area contributed by atoms with Gasteiger partial charge in [0.1, 0.15) is 5.75 Å². The van der Waals surface area contributed by atoms with E-state index in [1.165, 1.54) is 23.9 Å². The van der Waals surface area contributed by atoms with Gasteiger partial charge in [-0.3, -0.25) is 4.98 Å². The maximum Gasteiger partial charge on any atom is 0.417 e. The first kappa shape index (κ1) is 29.0. The van der Waals surface area contributed by atoms with Crippen molar-refractivity contribution in [3.63, 3.8) is 0 Å². The van der Waals surface area contributed by atoms with Crippen LogP contribution in [0, 0.1) is 5.41 Å². The van der Waals surface area contributed by atoms with Gasteiger partial charge in [-0.1, -0.05) is 23.7 Å². The number of likely N-dealkylation sites (tertiary alicyclic amines) is 1. The van der Waals surface area contributed by atoms with Gasteiger partial charge in [0.05, 0.1) is 29.3 Å². The molecular weight excluding hydrogens is 537 g/mol. The average Bonchev–Trinajstić information content (AvgIpc) is 2.92. The summed E-state index contributed by atoms with van der Waals surface area (Å²) < 4.78 is 45.1. The zero-order valence-corrected chi connectivity index (χ0v) is 22.7. The van der Waals surface area contributed by atoms with E-state index in [4.69, 9.17) is 16.3 Å². The topological polar surface area (TPSA) is 65.8 Å². The molecule has 0 spiro atoms. The largest absolute Gasteiger partial charge is 0.497 e. The van der Waals surface area contributed by atoms with Crippen LogP contribution in [0.1, 0.15) is 42.9 Å². The summed E-state index contributed by atoms with van der Waals surface area (Å²) in [6.07, 6.45) is -1.10. The molecule has 1 aliphatic heterocycles. The van der Waals surface area contributed by atoms with Gasteiger partial charge < -0.3 is 19.8 Å². The summed E-state index contributed by atoms with van der Waals surface area (Å²) in [7, 11) is 1.58. The van der Waals surface area contributed by atoms with Crippen LogP contribution in [-0.2, 0) is 6.18 Å². The second kappa shape index (κ2) is 12.4. The van der Waals surface area contributed by atoms with Crippen LogP contribution < -0.4 is 4.74 Å². The molecule has 4 rings (SSSR count). The third kappa shape index (κ3) is 6.74. The Kier molecular flexibility index (Phi) is 9.47. The molecule has 2 aromatic carbocycles. The van der Waals surface area contributed by atoms with E-state index in [0.717, 1.165) is 37.4 Å². The lowest BCUT2D eigenvalue weighted by atomic mass is 9.74. The van der Waals surface area contributed by atoms with Crippen molar-refractivity contribution in [3.05, 3.63) is 64.8 Å². The van der Waals surface area contributed by atoms with Crippen molar-refractivity contribution < 1.29 is 28.1 Å². The molecule has 1 atom stereocenters. The number of thioether (sulfide) groups is 1. The van der Waals surface area contributed by atoms with Gasteiger partial charge in [-0.25, -0.2) is 0 Å². The first-order valence-corrected chi connectivity index (χ1v) is 13.9. The van der Waals surface area contributed by atoms with Crippen molar-refractivity contribution in [3.8, 4) is 5.75 Å². The van der Waals surface area contributed by atoms with Gasteiger partial charge in [0, 0.05) is 40.9 Å². The molecule has 1 aromatic heterocycles. The van der Waals surface area contributed by atoms with Crippen LogP contribution in [-0.4, -0.2) is 59.2 Å². The molecule has 1 saturated heterocycles. The van der Waals surface area contributed by atoms with Crippen molar-refractivity contribution in [1.29, 1.82) is 0 Å². The summed E-state index contributed by atoms with van der Waals surface area (Å²) in [5, 5.41) is 22.5. The van der Waals surface area contributed by atoms with E-state index >= 15 is 0 Å². The van der Waals surface area contributed by atoms with Crippen LogP contribution in [0.4, 0.5) is 13.2 Å². The number of aromatic nitrogens is 1. The number of benzene rings is 2. The van der Waals surface area contributed by atoms with Gasteiger partial charge in [-0.15, -0.1) is 11.8 Å². The van der Waals surface area contributed by atoms with Crippen molar-refractivity contribution in [2.45, 2.75) is 42.9 Å². The first-order valence-electron chi connectivity index (χ1n) is 12.6. The number of alkyl halides is 3. The van der Waals surface area contributed by atoms with Gasteiger partial charge in [-0.2, -0.15) is 13.2 Å². The summed E-state index contributed by atoms with van der Waals surface area (Å²) in [6.45, 7) is 2.17. The number of pyridine rings is 1. The third-order valence-corrected chi connectivity index (χ3v) is 8.81. The highest BCUT2D eigenvalue weighted by Gasteiger charge is 2.35. The quantitative estimate of drug-likeness (QED) is 0.269. The zero-order valence-electron chi connectivity index (χ0n) is 21.2. The highest BCUT2D eigenvalue weighted by Crippen LogP contribution is 2.41. The highest BCUT2D eigenvalue weighted by atomic mass is 35.5. The van der Waals surface area contributed by atoms with Gasteiger partial charge in [0.2, 0.25) is 0 Å². The van der Waals surface area contributed by atoms with E-state index < -0.39 is 17.8 Å². The van der Waals surface area contributed by atoms with Crippen LogP contribution in [0.5, 0.6) is 5.75 Å². The summed E-state index contributed by atoms with van der Waals surface area (Å²) >= 11 is 7.67. The predicted octanol–water partition coefficient (Wildman–Crippen LogP) is 6.60. The minimum absolute atomic E-state index is 0.0138. The Bertz CT molecular complexity index is 1240. The fourth-order valence-corrected chi connectivity index (χ4v) is 6.43.